The van der Waals surface area contributed by atoms with Crippen molar-refractivity contribution in [3.63, 3.8) is 0 Å². The molecule has 0 aromatic carbocycles. The van der Waals surface area contributed by atoms with Gasteiger partial charge in [-0.2, -0.15) is 0 Å². The number of rotatable bonds is 3. The Balaban J connectivity index is 4.08. The van der Waals surface area contributed by atoms with Crippen molar-refractivity contribution in [2.75, 3.05) is 0 Å². The molecule has 0 heterocycles. The van der Waals surface area contributed by atoms with Crippen LogP contribution in [0.4, 0.5) is 8.78 Å². The summed E-state index contributed by atoms with van der Waals surface area (Å²) in [6.07, 6.45) is -3.24. The monoisotopic (exact) mass is 216 g/mol. The number of aliphatic carboxylic acids is 1. The Morgan fingerprint density at radius 3 is 1.90 bits per heavy atom. The van der Waals surface area contributed by atoms with Gasteiger partial charge >= 0.3 is 5.97 Å². The van der Waals surface area contributed by atoms with E-state index in [1.165, 1.54) is 0 Å². The second-order valence-electron chi connectivity index (χ2n) is 1.40. The number of ketones is 1. The Morgan fingerprint density at radius 1 is 1.40 bits per heavy atom. The highest BCUT2D eigenvalue weighted by Crippen LogP contribution is 2.07. The standard InChI is InChI=1S/C4H3BrF2O3/c5-1(4(9)10)2(8)3(6)7/h1,3H,(H,9,10). The normalized spacial score (nSPS) is 13.2. The van der Waals surface area contributed by atoms with Gasteiger partial charge in [0.1, 0.15) is 0 Å². The van der Waals surface area contributed by atoms with E-state index in [-0.39, 0.29) is 0 Å². The van der Waals surface area contributed by atoms with E-state index < -0.39 is 23.0 Å². The fourth-order valence-corrected chi connectivity index (χ4v) is 0.432. The third-order valence-corrected chi connectivity index (χ3v) is 1.52. The molecular formula is C4H3BrF2O3. The molecule has 0 bridgehead atoms. The molecule has 1 atom stereocenters. The number of halogens is 3. The van der Waals surface area contributed by atoms with Crippen LogP contribution in [-0.2, 0) is 9.59 Å². The van der Waals surface area contributed by atoms with Gasteiger partial charge < -0.3 is 5.11 Å². The smallest absolute Gasteiger partial charge is 0.325 e. The van der Waals surface area contributed by atoms with Crippen LogP contribution in [0.3, 0.4) is 0 Å². The first-order chi connectivity index (χ1) is 4.46. The van der Waals surface area contributed by atoms with E-state index in [9.17, 15) is 18.4 Å². The van der Waals surface area contributed by atoms with Crippen molar-refractivity contribution in [1.82, 2.24) is 0 Å². The molecule has 0 aromatic heterocycles. The van der Waals surface area contributed by atoms with E-state index in [1.54, 1.807) is 0 Å². The summed E-state index contributed by atoms with van der Waals surface area (Å²) < 4.78 is 22.8. The fourth-order valence-electron chi connectivity index (χ4n) is 0.232. The predicted molar refractivity (Wildman–Crippen MR) is 31.4 cm³/mol. The molecule has 0 aliphatic carbocycles. The van der Waals surface area contributed by atoms with Crippen LogP contribution in [0.25, 0.3) is 0 Å². The minimum Gasteiger partial charge on any atom is -0.480 e. The van der Waals surface area contributed by atoms with E-state index in [0.29, 0.717) is 0 Å². The molecule has 0 saturated heterocycles. The van der Waals surface area contributed by atoms with Gasteiger partial charge in [-0.3, -0.25) is 9.59 Å². The number of alkyl halides is 3. The Hall–Kier alpha value is -0.520. The van der Waals surface area contributed by atoms with E-state index in [0.717, 1.165) is 0 Å². The molecule has 58 valence electrons. The second-order valence-corrected chi connectivity index (χ2v) is 2.32. The molecule has 1 N–H and O–H groups in total. The van der Waals surface area contributed by atoms with Gasteiger partial charge in [-0.25, -0.2) is 8.78 Å². The highest BCUT2D eigenvalue weighted by molar-refractivity contribution is 9.10. The number of carbonyl (C=O) groups is 2. The lowest BCUT2D eigenvalue weighted by Crippen LogP contribution is -2.28. The highest BCUT2D eigenvalue weighted by atomic mass is 79.9. The first-order valence-corrected chi connectivity index (χ1v) is 3.07. The van der Waals surface area contributed by atoms with Crippen molar-refractivity contribution in [3.8, 4) is 0 Å². The summed E-state index contributed by atoms with van der Waals surface area (Å²) in [6.45, 7) is 0. The molecule has 0 rings (SSSR count). The molecule has 0 spiro atoms. The van der Waals surface area contributed by atoms with Crippen LogP contribution in [0, 0.1) is 0 Å². The summed E-state index contributed by atoms with van der Waals surface area (Å²) in [5.74, 6) is -3.24. The summed E-state index contributed by atoms with van der Waals surface area (Å²) in [4.78, 5) is 18.2. The molecule has 3 nitrogen and oxygen atoms in total. The zero-order valence-corrected chi connectivity index (χ0v) is 6.14. The molecule has 0 aliphatic rings. The number of Topliss-reactive ketones (excluding diaryl/α,β-unsaturated/α-hetero) is 1. The van der Waals surface area contributed by atoms with Gasteiger partial charge in [0.05, 0.1) is 0 Å². The molecule has 6 heteroatoms. The molecule has 0 amide bonds. The second kappa shape index (κ2) is 3.60. The molecule has 0 aromatic rings. The van der Waals surface area contributed by atoms with Crippen LogP contribution < -0.4 is 0 Å². The van der Waals surface area contributed by atoms with Gasteiger partial charge in [0.25, 0.3) is 6.43 Å². The van der Waals surface area contributed by atoms with Crippen molar-refractivity contribution >= 4 is 27.7 Å². The zero-order valence-electron chi connectivity index (χ0n) is 4.55. The SMILES string of the molecule is O=C(O)C(Br)C(=O)C(F)F. The van der Waals surface area contributed by atoms with Gasteiger partial charge in [-0.05, 0) is 0 Å². The summed E-state index contributed by atoms with van der Waals surface area (Å²) in [6, 6.07) is 0. The van der Waals surface area contributed by atoms with Crippen LogP contribution in [0.2, 0.25) is 0 Å². The maximum Gasteiger partial charge on any atom is 0.325 e. The molecule has 0 aliphatic heterocycles. The zero-order chi connectivity index (χ0) is 8.31. The average Bonchev–Trinajstić information content (AvgIpc) is 1.84. The summed E-state index contributed by atoms with van der Waals surface area (Å²) in [5, 5.41) is 8.00. The average molecular weight is 217 g/mol. The molecule has 0 saturated carbocycles. The van der Waals surface area contributed by atoms with Crippen molar-refractivity contribution < 1.29 is 23.5 Å². The number of carboxylic acid groups (broad SMARTS) is 1. The highest BCUT2D eigenvalue weighted by Gasteiger charge is 2.29. The maximum atomic E-state index is 11.4. The third kappa shape index (κ3) is 2.38. The molecule has 0 radical (unpaired) electrons. The number of hydrogen-bond donors (Lipinski definition) is 1. The van der Waals surface area contributed by atoms with E-state index in [1.807, 2.05) is 0 Å². The van der Waals surface area contributed by atoms with Crippen molar-refractivity contribution in [2.45, 2.75) is 11.3 Å². The van der Waals surface area contributed by atoms with E-state index >= 15 is 0 Å². The van der Waals surface area contributed by atoms with Crippen LogP contribution in [0.1, 0.15) is 0 Å². The molecular weight excluding hydrogens is 214 g/mol. The number of carboxylic acids is 1. The summed E-state index contributed by atoms with van der Waals surface area (Å²) >= 11 is 2.28. The lowest BCUT2D eigenvalue weighted by molar-refractivity contribution is -0.142. The number of hydrogen-bond acceptors (Lipinski definition) is 2. The Bertz CT molecular complexity index is 159. The van der Waals surface area contributed by atoms with Crippen molar-refractivity contribution in [1.29, 1.82) is 0 Å². The molecule has 1 unspecified atom stereocenters. The Morgan fingerprint density at radius 2 is 1.80 bits per heavy atom. The van der Waals surface area contributed by atoms with E-state index in [4.69, 9.17) is 5.11 Å². The molecule has 10 heavy (non-hydrogen) atoms. The predicted octanol–water partition coefficient (Wildman–Crippen LogP) is 0.669. The quantitative estimate of drug-likeness (QED) is 0.558. The van der Waals surface area contributed by atoms with Gasteiger partial charge in [0, 0.05) is 0 Å². The van der Waals surface area contributed by atoms with Gasteiger partial charge in [0.15, 0.2) is 4.83 Å². The fraction of sp³-hybridized carbons (Fsp3) is 0.500. The first kappa shape index (κ1) is 9.48. The summed E-state index contributed by atoms with van der Waals surface area (Å²) in [5.41, 5.74) is 0. The van der Waals surface area contributed by atoms with Gasteiger partial charge in [0.2, 0.25) is 5.78 Å². The topological polar surface area (TPSA) is 54.4 Å². The summed E-state index contributed by atoms with van der Waals surface area (Å²) in [7, 11) is 0. The number of carbonyl (C=O) groups excluding carboxylic acids is 1. The third-order valence-electron chi connectivity index (χ3n) is 0.682. The van der Waals surface area contributed by atoms with Crippen molar-refractivity contribution in [3.05, 3.63) is 0 Å². The van der Waals surface area contributed by atoms with E-state index in [2.05, 4.69) is 15.9 Å². The Labute approximate surface area is 63.1 Å². The van der Waals surface area contributed by atoms with Crippen LogP contribution in [-0.4, -0.2) is 28.1 Å². The van der Waals surface area contributed by atoms with Crippen LogP contribution in [0.15, 0.2) is 0 Å². The van der Waals surface area contributed by atoms with Gasteiger partial charge in [-0.1, -0.05) is 15.9 Å². The first-order valence-electron chi connectivity index (χ1n) is 2.15. The maximum absolute atomic E-state index is 11.4. The van der Waals surface area contributed by atoms with Crippen LogP contribution in [0.5, 0.6) is 0 Å². The lowest BCUT2D eigenvalue weighted by Gasteiger charge is -2.00. The lowest BCUT2D eigenvalue weighted by atomic mass is 10.3. The largest absolute Gasteiger partial charge is 0.480 e. The van der Waals surface area contributed by atoms with Crippen molar-refractivity contribution in [2.24, 2.45) is 0 Å². The minimum absolute atomic E-state index is 1.61. The Kier molecular flexibility index (Phi) is 3.41. The van der Waals surface area contributed by atoms with Crippen LogP contribution >= 0.6 is 15.9 Å². The molecule has 0 fully saturated rings. The minimum atomic E-state index is -3.24. The van der Waals surface area contributed by atoms with Gasteiger partial charge in [-0.15, -0.1) is 0 Å².